The summed E-state index contributed by atoms with van der Waals surface area (Å²) in [6, 6.07) is 23.5. The van der Waals surface area contributed by atoms with Crippen LogP contribution in [0, 0.1) is 13.8 Å². The Morgan fingerprint density at radius 2 is 1.27 bits per heavy atom. The van der Waals surface area contributed by atoms with E-state index in [1.165, 1.54) is 19.3 Å². The number of benzene rings is 3. The molecule has 2 aliphatic rings. The van der Waals surface area contributed by atoms with E-state index in [0.29, 0.717) is 23.3 Å². The van der Waals surface area contributed by atoms with Crippen molar-refractivity contribution in [2.45, 2.75) is 33.1 Å². The van der Waals surface area contributed by atoms with Gasteiger partial charge in [0.2, 0.25) is 0 Å². The number of ketones is 1. The molecule has 6 heteroatoms. The highest BCUT2D eigenvalue weighted by atomic mass is 35.5. The summed E-state index contributed by atoms with van der Waals surface area (Å²) in [6.07, 6.45) is 7.67. The number of hydrogen-bond donors (Lipinski definition) is 0. The summed E-state index contributed by atoms with van der Waals surface area (Å²) in [7, 11) is 0. The summed E-state index contributed by atoms with van der Waals surface area (Å²) < 4.78 is 5.96. The smallest absolute Gasteiger partial charge is 0.254 e. The summed E-state index contributed by atoms with van der Waals surface area (Å²) in [6.45, 7) is 8.48. The molecule has 2 saturated heterocycles. The molecule has 0 N–H and O–H groups in total. The zero-order valence-corrected chi connectivity index (χ0v) is 24.8. The number of piperidine rings is 2. The first kappa shape index (κ1) is 30.3. The Morgan fingerprint density at radius 1 is 0.756 bits per heavy atom. The van der Waals surface area contributed by atoms with Gasteiger partial charge in [-0.3, -0.25) is 14.5 Å². The predicted molar refractivity (Wildman–Crippen MR) is 169 cm³/mol. The molecule has 2 fully saturated rings. The normalized spacial score (nSPS) is 17.9. The summed E-state index contributed by atoms with van der Waals surface area (Å²) in [5, 5.41) is 0. The van der Waals surface area contributed by atoms with Crippen molar-refractivity contribution in [1.29, 1.82) is 0 Å². The Balaban J connectivity index is 0.00000387. The molecule has 1 amide bonds. The van der Waals surface area contributed by atoms with Crippen LogP contribution in [0.1, 0.15) is 51.9 Å². The van der Waals surface area contributed by atoms with E-state index in [1.54, 1.807) is 4.90 Å². The van der Waals surface area contributed by atoms with Crippen molar-refractivity contribution < 1.29 is 14.3 Å². The van der Waals surface area contributed by atoms with E-state index in [4.69, 9.17) is 4.74 Å². The van der Waals surface area contributed by atoms with Gasteiger partial charge in [0.15, 0.2) is 5.78 Å². The SMILES string of the molecule is Cc1ccc(/C=C2\CN(C(=O)c3ccc(OCCN4CCCCC4)cc3)C/C(=C\c3ccc(C)cc3)C2=O)cc1.Cl. The van der Waals surface area contributed by atoms with Crippen molar-refractivity contribution in [1.82, 2.24) is 9.80 Å². The van der Waals surface area contributed by atoms with Crippen LogP contribution in [0.4, 0.5) is 0 Å². The van der Waals surface area contributed by atoms with E-state index in [1.807, 2.05) is 98.8 Å². The first-order valence-corrected chi connectivity index (χ1v) is 14.3. The Morgan fingerprint density at radius 3 is 1.78 bits per heavy atom. The van der Waals surface area contributed by atoms with Crippen LogP contribution in [0.15, 0.2) is 83.9 Å². The maximum atomic E-state index is 13.6. The molecule has 5 nitrogen and oxygen atoms in total. The number of rotatable bonds is 7. The molecule has 0 aromatic heterocycles. The van der Waals surface area contributed by atoms with E-state index in [9.17, 15) is 9.59 Å². The van der Waals surface area contributed by atoms with E-state index in [2.05, 4.69) is 4.90 Å². The highest BCUT2D eigenvalue weighted by Crippen LogP contribution is 2.25. The third-order valence-electron chi connectivity index (χ3n) is 7.66. The van der Waals surface area contributed by atoms with Gasteiger partial charge in [-0.1, -0.05) is 66.1 Å². The van der Waals surface area contributed by atoms with Crippen LogP contribution in [0.25, 0.3) is 12.2 Å². The van der Waals surface area contributed by atoms with Crippen LogP contribution in [-0.4, -0.2) is 60.8 Å². The minimum atomic E-state index is -0.100. The molecule has 0 unspecified atom stereocenters. The van der Waals surface area contributed by atoms with Gasteiger partial charge in [-0.15, -0.1) is 12.4 Å². The molecule has 0 bridgehead atoms. The Labute approximate surface area is 249 Å². The third kappa shape index (κ3) is 8.18. The average Bonchev–Trinajstić information content (AvgIpc) is 2.98. The predicted octanol–water partition coefficient (Wildman–Crippen LogP) is 6.78. The largest absolute Gasteiger partial charge is 0.492 e. The highest BCUT2D eigenvalue weighted by Gasteiger charge is 2.29. The van der Waals surface area contributed by atoms with Crippen LogP contribution in [0.3, 0.4) is 0 Å². The lowest BCUT2D eigenvalue weighted by Gasteiger charge is -2.30. The molecular weight excluding hydrogens is 532 g/mol. The minimum Gasteiger partial charge on any atom is -0.492 e. The van der Waals surface area contributed by atoms with Gasteiger partial charge in [0, 0.05) is 23.3 Å². The fourth-order valence-corrected chi connectivity index (χ4v) is 5.26. The zero-order chi connectivity index (χ0) is 27.9. The van der Waals surface area contributed by atoms with E-state index >= 15 is 0 Å². The first-order chi connectivity index (χ1) is 19.4. The molecule has 0 aliphatic carbocycles. The van der Waals surface area contributed by atoms with Gasteiger partial charge in [-0.2, -0.15) is 0 Å². The quantitative estimate of drug-likeness (QED) is 0.294. The monoisotopic (exact) mass is 570 g/mol. The van der Waals surface area contributed by atoms with Crippen LogP contribution in [0.5, 0.6) is 5.75 Å². The van der Waals surface area contributed by atoms with Crippen LogP contribution in [0.2, 0.25) is 0 Å². The van der Waals surface area contributed by atoms with Gasteiger partial charge in [0.1, 0.15) is 12.4 Å². The standard InChI is InChI=1S/C35H38N2O3.ClH/c1-26-6-10-28(11-7-26)22-31-24-37(25-32(34(31)38)23-29-12-8-27(2)9-13-29)35(39)30-14-16-33(17-15-30)40-21-20-36-18-4-3-5-19-36;/h6-17,22-23H,3-5,18-21,24-25H2,1-2H3;1H/b31-22+,32-23+;. The molecule has 0 spiro atoms. The molecule has 214 valence electrons. The number of amides is 1. The Bertz CT molecular complexity index is 1320. The number of halogens is 1. The highest BCUT2D eigenvalue weighted by molar-refractivity contribution is 6.15. The zero-order valence-electron chi connectivity index (χ0n) is 24.0. The molecule has 3 aromatic carbocycles. The number of aryl methyl sites for hydroxylation is 2. The first-order valence-electron chi connectivity index (χ1n) is 14.3. The molecular formula is C35H39ClN2O3. The third-order valence-corrected chi connectivity index (χ3v) is 7.66. The maximum Gasteiger partial charge on any atom is 0.254 e. The molecule has 0 radical (unpaired) electrons. The molecule has 3 aromatic rings. The summed E-state index contributed by atoms with van der Waals surface area (Å²) >= 11 is 0. The number of ether oxygens (including phenoxy) is 1. The summed E-state index contributed by atoms with van der Waals surface area (Å²) in [4.78, 5) is 31.4. The van der Waals surface area contributed by atoms with Gasteiger partial charge < -0.3 is 9.64 Å². The van der Waals surface area contributed by atoms with Gasteiger partial charge in [0.05, 0.1) is 13.1 Å². The Hall–Kier alpha value is -3.67. The lowest BCUT2D eigenvalue weighted by atomic mass is 9.93. The number of carbonyl (C=O) groups is 2. The van der Waals surface area contributed by atoms with Crippen molar-refractivity contribution >= 4 is 36.2 Å². The number of Topliss-reactive ketones (excluding diaryl/α,β-unsaturated/α-hetero) is 1. The average molecular weight is 571 g/mol. The van der Waals surface area contributed by atoms with Gasteiger partial charge in [0.25, 0.3) is 5.91 Å². The lowest BCUT2D eigenvalue weighted by Crippen LogP contribution is -2.41. The van der Waals surface area contributed by atoms with Crippen molar-refractivity contribution in [3.05, 3.63) is 112 Å². The second-order valence-electron chi connectivity index (χ2n) is 10.9. The maximum absolute atomic E-state index is 13.6. The number of likely N-dealkylation sites (tertiary alicyclic amines) is 2. The second-order valence-corrected chi connectivity index (χ2v) is 10.9. The number of carbonyl (C=O) groups excluding carboxylic acids is 2. The van der Waals surface area contributed by atoms with Crippen LogP contribution < -0.4 is 4.74 Å². The topological polar surface area (TPSA) is 49.9 Å². The van der Waals surface area contributed by atoms with Crippen LogP contribution >= 0.6 is 12.4 Å². The molecule has 0 saturated carbocycles. The van der Waals surface area contributed by atoms with E-state index < -0.39 is 0 Å². The van der Waals surface area contributed by atoms with Gasteiger partial charge >= 0.3 is 0 Å². The molecule has 5 rings (SSSR count). The number of hydrogen-bond acceptors (Lipinski definition) is 4. The minimum absolute atomic E-state index is 0. The summed E-state index contributed by atoms with van der Waals surface area (Å²) in [5.74, 6) is 0.655. The fourth-order valence-electron chi connectivity index (χ4n) is 5.26. The van der Waals surface area contributed by atoms with Gasteiger partial charge in [-0.05, 0) is 87.3 Å². The summed E-state index contributed by atoms with van der Waals surface area (Å²) in [5.41, 5.74) is 6.02. The molecule has 2 heterocycles. The molecule has 2 aliphatic heterocycles. The molecule has 41 heavy (non-hydrogen) atoms. The van der Waals surface area contributed by atoms with Gasteiger partial charge in [-0.25, -0.2) is 0 Å². The second kappa shape index (κ2) is 14.3. The van der Waals surface area contributed by atoms with Crippen molar-refractivity contribution in [3.8, 4) is 5.75 Å². The van der Waals surface area contributed by atoms with E-state index in [0.717, 1.165) is 47.6 Å². The lowest BCUT2D eigenvalue weighted by molar-refractivity contribution is -0.113. The van der Waals surface area contributed by atoms with Crippen LogP contribution in [-0.2, 0) is 4.79 Å². The Kier molecular flexibility index (Phi) is 10.6. The van der Waals surface area contributed by atoms with Crippen molar-refractivity contribution in [3.63, 3.8) is 0 Å². The fraction of sp³-hybridized carbons (Fsp3) is 0.314. The van der Waals surface area contributed by atoms with Crippen molar-refractivity contribution in [2.75, 3.05) is 39.3 Å². The van der Waals surface area contributed by atoms with E-state index in [-0.39, 0.29) is 37.2 Å². The molecule has 0 atom stereocenters. The van der Waals surface area contributed by atoms with Crippen molar-refractivity contribution in [2.24, 2.45) is 0 Å². The number of nitrogens with zero attached hydrogens (tertiary/aromatic N) is 2.